The SMILES string of the molecule is CCC(N)c1cccc(-c2ccc(CCOC)cc2)c1. The molecule has 0 fully saturated rings. The molecule has 106 valence electrons. The first-order valence-corrected chi connectivity index (χ1v) is 7.18. The summed E-state index contributed by atoms with van der Waals surface area (Å²) in [5, 5.41) is 0. The Balaban J connectivity index is 2.18. The van der Waals surface area contributed by atoms with E-state index in [2.05, 4.69) is 55.5 Å². The van der Waals surface area contributed by atoms with Gasteiger partial charge in [-0.2, -0.15) is 0 Å². The van der Waals surface area contributed by atoms with E-state index in [1.54, 1.807) is 7.11 Å². The second-order valence-electron chi connectivity index (χ2n) is 5.08. The van der Waals surface area contributed by atoms with Crippen molar-refractivity contribution in [2.24, 2.45) is 5.73 Å². The number of nitrogens with two attached hydrogens (primary N) is 1. The van der Waals surface area contributed by atoms with Crippen LogP contribution in [0.25, 0.3) is 11.1 Å². The highest BCUT2D eigenvalue weighted by Gasteiger charge is 2.05. The number of benzene rings is 2. The Hall–Kier alpha value is -1.64. The Morgan fingerprint density at radius 2 is 1.80 bits per heavy atom. The highest BCUT2D eigenvalue weighted by Crippen LogP contribution is 2.24. The van der Waals surface area contributed by atoms with Gasteiger partial charge in [-0.05, 0) is 41.2 Å². The van der Waals surface area contributed by atoms with E-state index >= 15 is 0 Å². The fourth-order valence-electron chi connectivity index (χ4n) is 2.27. The average molecular weight is 269 g/mol. The maximum atomic E-state index is 6.11. The molecule has 0 spiro atoms. The minimum absolute atomic E-state index is 0.121. The summed E-state index contributed by atoms with van der Waals surface area (Å²) in [7, 11) is 1.73. The minimum Gasteiger partial charge on any atom is -0.384 e. The summed E-state index contributed by atoms with van der Waals surface area (Å²) >= 11 is 0. The highest BCUT2D eigenvalue weighted by atomic mass is 16.5. The fourth-order valence-corrected chi connectivity index (χ4v) is 2.27. The van der Waals surface area contributed by atoms with Gasteiger partial charge in [0.1, 0.15) is 0 Å². The summed E-state index contributed by atoms with van der Waals surface area (Å²) in [5.74, 6) is 0. The van der Waals surface area contributed by atoms with E-state index < -0.39 is 0 Å². The number of rotatable bonds is 6. The number of hydrogen-bond acceptors (Lipinski definition) is 2. The molecule has 0 heterocycles. The zero-order valence-corrected chi connectivity index (χ0v) is 12.3. The predicted molar refractivity (Wildman–Crippen MR) is 84.7 cm³/mol. The molecule has 0 saturated heterocycles. The van der Waals surface area contributed by atoms with Gasteiger partial charge in [0.2, 0.25) is 0 Å². The van der Waals surface area contributed by atoms with Crippen LogP contribution in [-0.2, 0) is 11.2 Å². The molecule has 1 atom stereocenters. The van der Waals surface area contributed by atoms with E-state index in [-0.39, 0.29) is 6.04 Å². The lowest BCUT2D eigenvalue weighted by Gasteiger charge is -2.11. The Kier molecular flexibility index (Phi) is 5.33. The van der Waals surface area contributed by atoms with Crippen LogP contribution in [0.1, 0.15) is 30.5 Å². The molecule has 0 bridgehead atoms. The van der Waals surface area contributed by atoms with Gasteiger partial charge in [-0.15, -0.1) is 0 Å². The Morgan fingerprint density at radius 3 is 2.45 bits per heavy atom. The normalized spacial score (nSPS) is 12.3. The minimum atomic E-state index is 0.121. The molecule has 1 unspecified atom stereocenters. The number of ether oxygens (including phenoxy) is 1. The van der Waals surface area contributed by atoms with Gasteiger partial charge in [-0.25, -0.2) is 0 Å². The first-order valence-electron chi connectivity index (χ1n) is 7.18. The summed E-state index contributed by atoms with van der Waals surface area (Å²) in [5.41, 5.74) is 11.1. The average Bonchev–Trinajstić information content (AvgIpc) is 2.52. The molecule has 2 N–H and O–H groups in total. The van der Waals surface area contributed by atoms with E-state index in [9.17, 15) is 0 Å². The number of methoxy groups -OCH3 is 1. The van der Waals surface area contributed by atoms with Crippen LogP contribution in [-0.4, -0.2) is 13.7 Å². The molecule has 2 nitrogen and oxygen atoms in total. The largest absolute Gasteiger partial charge is 0.384 e. The maximum absolute atomic E-state index is 6.11. The zero-order chi connectivity index (χ0) is 14.4. The molecule has 2 aromatic carbocycles. The van der Waals surface area contributed by atoms with Gasteiger partial charge in [0.05, 0.1) is 6.61 Å². The van der Waals surface area contributed by atoms with Crippen molar-refractivity contribution in [1.29, 1.82) is 0 Å². The highest BCUT2D eigenvalue weighted by molar-refractivity contribution is 5.64. The van der Waals surface area contributed by atoms with Crippen molar-refractivity contribution in [3.05, 3.63) is 59.7 Å². The molecule has 20 heavy (non-hydrogen) atoms. The Bertz CT molecular complexity index is 533. The van der Waals surface area contributed by atoms with Crippen molar-refractivity contribution in [3.8, 4) is 11.1 Å². The predicted octanol–water partition coefficient (Wildman–Crippen LogP) is 3.95. The third-order valence-corrected chi connectivity index (χ3v) is 3.64. The topological polar surface area (TPSA) is 35.2 Å². The first kappa shape index (κ1) is 14.8. The molecular formula is C18H23NO. The van der Waals surface area contributed by atoms with Crippen LogP contribution in [0.5, 0.6) is 0 Å². The molecule has 0 aliphatic rings. The summed E-state index contributed by atoms with van der Waals surface area (Å²) in [6.45, 7) is 2.88. The van der Waals surface area contributed by atoms with Crippen molar-refractivity contribution < 1.29 is 4.74 Å². The monoisotopic (exact) mass is 269 g/mol. The van der Waals surface area contributed by atoms with Crippen LogP contribution in [0.3, 0.4) is 0 Å². The molecule has 0 radical (unpaired) electrons. The van der Waals surface area contributed by atoms with E-state index in [1.807, 2.05) is 0 Å². The molecule has 0 saturated carbocycles. The Morgan fingerprint density at radius 1 is 1.05 bits per heavy atom. The zero-order valence-electron chi connectivity index (χ0n) is 12.3. The van der Waals surface area contributed by atoms with Gasteiger partial charge in [0, 0.05) is 13.2 Å². The van der Waals surface area contributed by atoms with Crippen LogP contribution >= 0.6 is 0 Å². The van der Waals surface area contributed by atoms with Crippen molar-refractivity contribution in [3.63, 3.8) is 0 Å². The van der Waals surface area contributed by atoms with Crippen LogP contribution in [0.2, 0.25) is 0 Å². The van der Waals surface area contributed by atoms with Crippen molar-refractivity contribution in [1.82, 2.24) is 0 Å². The van der Waals surface area contributed by atoms with Gasteiger partial charge in [0.25, 0.3) is 0 Å². The summed E-state index contributed by atoms with van der Waals surface area (Å²) < 4.78 is 5.10. The standard InChI is InChI=1S/C18H23NO/c1-3-18(19)17-6-4-5-16(13-17)15-9-7-14(8-10-15)11-12-20-2/h4-10,13,18H,3,11-12,19H2,1-2H3. The lowest BCUT2D eigenvalue weighted by atomic mass is 9.98. The third-order valence-electron chi connectivity index (χ3n) is 3.64. The molecule has 2 aromatic rings. The van der Waals surface area contributed by atoms with Crippen LogP contribution in [0.15, 0.2) is 48.5 Å². The first-order chi connectivity index (χ1) is 9.74. The summed E-state index contributed by atoms with van der Waals surface area (Å²) in [6, 6.07) is 17.3. The fraction of sp³-hybridized carbons (Fsp3) is 0.333. The van der Waals surface area contributed by atoms with Gasteiger partial charge in [-0.1, -0.05) is 49.4 Å². The molecular weight excluding hydrogens is 246 g/mol. The summed E-state index contributed by atoms with van der Waals surface area (Å²) in [4.78, 5) is 0. The van der Waals surface area contributed by atoms with E-state index in [0.29, 0.717) is 0 Å². The van der Waals surface area contributed by atoms with E-state index in [4.69, 9.17) is 10.5 Å². The maximum Gasteiger partial charge on any atom is 0.0502 e. The smallest absolute Gasteiger partial charge is 0.0502 e. The van der Waals surface area contributed by atoms with E-state index in [0.717, 1.165) is 19.4 Å². The van der Waals surface area contributed by atoms with Crippen molar-refractivity contribution in [2.45, 2.75) is 25.8 Å². The Labute approximate surface area is 121 Å². The lowest BCUT2D eigenvalue weighted by molar-refractivity contribution is 0.202. The molecule has 0 aliphatic heterocycles. The number of hydrogen-bond donors (Lipinski definition) is 1. The summed E-state index contributed by atoms with van der Waals surface area (Å²) in [6.07, 6.45) is 1.91. The quantitative estimate of drug-likeness (QED) is 0.861. The molecule has 0 amide bonds. The van der Waals surface area contributed by atoms with E-state index in [1.165, 1.54) is 22.3 Å². The van der Waals surface area contributed by atoms with Crippen molar-refractivity contribution >= 4 is 0 Å². The molecule has 2 rings (SSSR count). The third kappa shape index (κ3) is 3.69. The van der Waals surface area contributed by atoms with Gasteiger partial charge < -0.3 is 10.5 Å². The van der Waals surface area contributed by atoms with Crippen LogP contribution in [0, 0.1) is 0 Å². The van der Waals surface area contributed by atoms with Gasteiger partial charge >= 0.3 is 0 Å². The molecule has 0 aliphatic carbocycles. The van der Waals surface area contributed by atoms with Crippen LogP contribution < -0.4 is 5.73 Å². The van der Waals surface area contributed by atoms with Crippen molar-refractivity contribution in [2.75, 3.05) is 13.7 Å². The van der Waals surface area contributed by atoms with Gasteiger partial charge in [-0.3, -0.25) is 0 Å². The second kappa shape index (κ2) is 7.22. The van der Waals surface area contributed by atoms with Crippen LogP contribution in [0.4, 0.5) is 0 Å². The van der Waals surface area contributed by atoms with Gasteiger partial charge in [0.15, 0.2) is 0 Å². The molecule has 2 heteroatoms. The second-order valence-corrected chi connectivity index (χ2v) is 5.08. The lowest BCUT2D eigenvalue weighted by Crippen LogP contribution is -2.08. The molecule has 0 aromatic heterocycles.